The summed E-state index contributed by atoms with van der Waals surface area (Å²) in [6.07, 6.45) is 4.90. The minimum absolute atomic E-state index is 0.104. The smallest absolute Gasteiger partial charge is 0.252 e. The maximum Gasteiger partial charge on any atom is 0.252 e. The molecular formula is C16H22BrClN2O. The summed E-state index contributed by atoms with van der Waals surface area (Å²) in [6, 6.07) is 5.99. The van der Waals surface area contributed by atoms with E-state index in [0.717, 1.165) is 17.4 Å². The second kappa shape index (κ2) is 8.16. The number of nitrogens with one attached hydrogen (secondary N) is 1. The van der Waals surface area contributed by atoms with Gasteiger partial charge in [-0.25, -0.2) is 0 Å². The van der Waals surface area contributed by atoms with E-state index < -0.39 is 0 Å². The van der Waals surface area contributed by atoms with Crippen LogP contribution in [0.5, 0.6) is 0 Å². The van der Waals surface area contributed by atoms with Gasteiger partial charge in [-0.2, -0.15) is 0 Å². The van der Waals surface area contributed by atoms with Crippen molar-refractivity contribution in [3.8, 4) is 0 Å². The predicted octanol–water partition coefficient (Wildman–Crippen LogP) is 4.10. The van der Waals surface area contributed by atoms with Gasteiger partial charge in [-0.1, -0.05) is 34.0 Å². The Labute approximate surface area is 140 Å². The Hall–Kier alpha value is -0.580. The van der Waals surface area contributed by atoms with Gasteiger partial charge in [0.15, 0.2) is 0 Å². The van der Waals surface area contributed by atoms with Crippen molar-refractivity contribution in [1.82, 2.24) is 10.2 Å². The van der Waals surface area contributed by atoms with E-state index >= 15 is 0 Å². The summed E-state index contributed by atoms with van der Waals surface area (Å²) in [5, 5.41) is 3.44. The minimum Gasteiger partial charge on any atom is -0.352 e. The number of halogens is 2. The zero-order chi connectivity index (χ0) is 15.2. The SMILES string of the molecule is C[C@@H]1CCCCN1CCCNC(=O)c1cc(Br)ccc1Cl. The lowest BCUT2D eigenvalue weighted by Gasteiger charge is -2.33. The molecule has 1 atom stereocenters. The second-order valence-electron chi connectivity index (χ2n) is 5.61. The topological polar surface area (TPSA) is 32.3 Å². The standard InChI is InChI=1S/C16H22BrClN2O/c1-12-5-2-3-9-20(12)10-4-8-19-16(21)14-11-13(17)6-7-15(14)18/h6-7,11-12H,2-5,8-10H2,1H3,(H,19,21)/t12-/m1/s1. The van der Waals surface area contributed by atoms with Crippen LogP contribution in [0.25, 0.3) is 0 Å². The number of likely N-dealkylation sites (tertiary alicyclic amines) is 1. The van der Waals surface area contributed by atoms with Gasteiger partial charge in [-0.05, 0) is 50.9 Å². The molecule has 1 aromatic rings. The van der Waals surface area contributed by atoms with Gasteiger partial charge in [0.05, 0.1) is 10.6 Å². The van der Waals surface area contributed by atoms with E-state index in [0.29, 0.717) is 23.2 Å². The molecule has 0 unspecified atom stereocenters. The molecule has 0 saturated carbocycles. The van der Waals surface area contributed by atoms with Gasteiger partial charge in [-0.15, -0.1) is 0 Å². The van der Waals surface area contributed by atoms with Crippen molar-refractivity contribution >= 4 is 33.4 Å². The number of carbonyl (C=O) groups is 1. The van der Waals surface area contributed by atoms with Gasteiger partial charge in [0, 0.05) is 23.6 Å². The van der Waals surface area contributed by atoms with Crippen LogP contribution >= 0.6 is 27.5 Å². The van der Waals surface area contributed by atoms with Crippen molar-refractivity contribution in [1.29, 1.82) is 0 Å². The van der Waals surface area contributed by atoms with Crippen molar-refractivity contribution in [3.05, 3.63) is 33.3 Å². The largest absolute Gasteiger partial charge is 0.352 e. The van der Waals surface area contributed by atoms with E-state index in [1.807, 2.05) is 6.07 Å². The third-order valence-corrected chi connectivity index (χ3v) is 4.84. The first-order valence-electron chi connectivity index (χ1n) is 7.55. The van der Waals surface area contributed by atoms with E-state index in [9.17, 15) is 4.79 Å². The third-order valence-electron chi connectivity index (χ3n) is 4.02. The minimum atomic E-state index is -0.104. The molecule has 1 fully saturated rings. The van der Waals surface area contributed by atoms with Crippen molar-refractivity contribution in [3.63, 3.8) is 0 Å². The summed E-state index contributed by atoms with van der Waals surface area (Å²) in [7, 11) is 0. The van der Waals surface area contributed by atoms with Gasteiger partial charge < -0.3 is 10.2 Å². The molecule has 1 aromatic carbocycles. The molecule has 1 aliphatic heterocycles. The Morgan fingerprint density at radius 2 is 2.29 bits per heavy atom. The first-order chi connectivity index (χ1) is 10.1. The Morgan fingerprint density at radius 3 is 3.05 bits per heavy atom. The molecule has 0 radical (unpaired) electrons. The first kappa shape index (κ1) is 16.8. The predicted molar refractivity (Wildman–Crippen MR) is 91.0 cm³/mol. The molecule has 21 heavy (non-hydrogen) atoms. The van der Waals surface area contributed by atoms with Crippen LogP contribution in [-0.4, -0.2) is 36.5 Å². The maximum atomic E-state index is 12.1. The highest BCUT2D eigenvalue weighted by molar-refractivity contribution is 9.10. The quantitative estimate of drug-likeness (QED) is 0.788. The van der Waals surface area contributed by atoms with Gasteiger partial charge in [-0.3, -0.25) is 4.79 Å². The molecule has 0 aliphatic carbocycles. The monoisotopic (exact) mass is 372 g/mol. The number of hydrogen-bond donors (Lipinski definition) is 1. The highest BCUT2D eigenvalue weighted by atomic mass is 79.9. The lowest BCUT2D eigenvalue weighted by Crippen LogP contribution is -2.39. The number of rotatable bonds is 5. The van der Waals surface area contributed by atoms with E-state index in [1.165, 1.54) is 25.8 Å². The molecule has 1 aliphatic rings. The average Bonchev–Trinajstić information content (AvgIpc) is 2.47. The van der Waals surface area contributed by atoms with Gasteiger partial charge in [0.2, 0.25) is 0 Å². The number of benzene rings is 1. The molecule has 1 saturated heterocycles. The number of hydrogen-bond acceptors (Lipinski definition) is 2. The highest BCUT2D eigenvalue weighted by Crippen LogP contribution is 2.21. The van der Waals surface area contributed by atoms with Crippen LogP contribution in [0.4, 0.5) is 0 Å². The van der Waals surface area contributed by atoms with Crippen LogP contribution in [0, 0.1) is 0 Å². The molecule has 116 valence electrons. The molecule has 2 rings (SSSR count). The summed E-state index contributed by atoms with van der Waals surface area (Å²) < 4.78 is 0.860. The highest BCUT2D eigenvalue weighted by Gasteiger charge is 2.17. The molecule has 1 N–H and O–H groups in total. The lowest BCUT2D eigenvalue weighted by molar-refractivity contribution is 0.0949. The van der Waals surface area contributed by atoms with Crippen LogP contribution in [-0.2, 0) is 0 Å². The maximum absolute atomic E-state index is 12.1. The number of nitrogens with zero attached hydrogens (tertiary/aromatic N) is 1. The van der Waals surface area contributed by atoms with E-state index in [-0.39, 0.29) is 5.91 Å². The second-order valence-corrected chi connectivity index (χ2v) is 6.94. The summed E-state index contributed by atoms with van der Waals surface area (Å²) in [6.45, 7) is 5.21. The van der Waals surface area contributed by atoms with Crippen molar-refractivity contribution in [2.45, 2.75) is 38.6 Å². The van der Waals surface area contributed by atoms with Crippen molar-refractivity contribution < 1.29 is 4.79 Å². The average molecular weight is 374 g/mol. The van der Waals surface area contributed by atoms with Crippen LogP contribution in [0.15, 0.2) is 22.7 Å². The van der Waals surface area contributed by atoms with Gasteiger partial charge in [0.25, 0.3) is 5.91 Å². The Bertz CT molecular complexity index is 495. The molecular weight excluding hydrogens is 352 g/mol. The first-order valence-corrected chi connectivity index (χ1v) is 8.72. The van der Waals surface area contributed by atoms with Crippen molar-refractivity contribution in [2.24, 2.45) is 0 Å². The number of piperidine rings is 1. The molecule has 0 bridgehead atoms. The lowest BCUT2D eigenvalue weighted by atomic mass is 10.0. The van der Waals surface area contributed by atoms with E-state index in [4.69, 9.17) is 11.6 Å². The summed E-state index contributed by atoms with van der Waals surface area (Å²) in [4.78, 5) is 14.6. The third kappa shape index (κ3) is 4.97. The Morgan fingerprint density at radius 1 is 1.48 bits per heavy atom. The fraction of sp³-hybridized carbons (Fsp3) is 0.562. The van der Waals surface area contributed by atoms with E-state index in [2.05, 4.69) is 33.1 Å². The molecule has 1 heterocycles. The van der Waals surface area contributed by atoms with Crippen molar-refractivity contribution in [2.75, 3.05) is 19.6 Å². The fourth-order valence-electron chi connectivity index (χ4n) is 2.74. The molecule has 0 spiro atoms. The van der Waals surface area contributed by atoms with Gasteiger partial charge >= 0.3 is 0 Å². The number of amides is 1. The van der Waals surface area contributed by atoms with Crippen LogP contribution in [0.1, 0.15) is 43.0 Å². The summed E-state index contributed by atoms with van der Waals surface area (Å²) >= 11 is 9.41. The summed E-state index contributed by atoms with van der Waals surface area (Å²) in [5.41, 5.74) is 0.525. The van der Waals surface area contributed by atoms with Crippen LogP contribution in [0.3, 0.4) is 0 Å². The summed E-state index contributed by atoms with van der Waals surface area (Å²) in [5.74, 6) is -0.104. The van der Waals surface area contributed by atoms with Gasteiger partial charge in [0.1, 0.15) is 0 Å². The Balaban J connectivity index is 1.75. The zero-order valence-electron chi connectivity index (χ0n) is 12.4. The molecule has 0 aromatic heterocycles. The molecule has 1 amide bonds. The Kier molecular flexibility index (Phi) is 6.52. The zero-order valence-corrected chi connectivity index (χ0v) is 14.7. The van der Waals surface area contributed by atoms with Crippen LogP contribution in [0.2, 0.25) is 5.02 Å². The normalized spacial score (nSPS) is 19.5. The van der Waals surface area contributed by atoms with Crippen LogP contribution < -0.4 is 5.32 Å². The molecule has 3 nitrogen and oxygen atoms in total. The fourth-order valence-corrected chi connectivity index (χ4v) is 3.31. The molecule has 5 heteroatoms. The number of carbonyl (C=O) groups excluding carboxylic acids is 1. The van der Waals surface area contributed by atoms with E-state index in [1.54, 1.807) is 12.1 Å².